The minimum atomic E-state index is -0.927. The van der Waals surface area contributed by atoms with Gasteiger partial charge in [-0.3, -0.25) is 4.79 Å². The van der Waals surface area contributed by atoms with Gasteiger partial charge in [-0.15, -0.1) is 0 Å². The van der Waals surface area contributed by atoms with Gasteiger partial charge in [0.25, 0.3) is 0 Å². The Labute approximate surface area is 153 Å². The van der Waals surface area contributed by atoms with Crippen molar-refractivity contribution in [2.24, 2.45) is 5.73 Å². The van der Waals surface area contributed by atoms with Crippen molar-refractivity contribution >= 4 is 23.5 Å². The number of nitrogens with zero attached hydrogens (tertiary/aromatic N) is 1. The summed E-state index contributed by atoms with van der Waals surface area (Å²) < 4.78 is 0. The number of hydrogen-bond acceptors (Lipinski definition) is 4. The number of halogens is 1. The first kappa shape index (κ1) is 19.7. The van der Waals surface area contributed by atoms with Crippen LogP contribution in [-0.2, 0) is 16.1 Å². The summed E-state index contributed by atoms with van der Waals surface area (Å²) in [5.74, 6) is -1.06. The molecule has 0 saturated carbocycles. The summed E-state index contributed by atoms with van der Waals surface area (Å²) in [7, 11) is 0. The summed E-state index contributed by atoms with van der Waals surface area (Å²) in [5, 5.41) is 13.3. The van der Waals surface area contributed by atoms with Crippen molar-refractivity contribution in [3.8, 4) is 0 Å². The average molecular weight is 368 g/mol. The summed E-state index contributed by atoms with van der Waals surface area (Å²) in [6.07, 6.45) is 3.57. The Morgan fingerprint density at radius 1 is 1.32 bits per heavy atom. The standard InChI is InChI=1S/C18H26ClN3O3/c19-14-8-6-13(7-9-14)12-21-15(4-1-2-10-20)17(23)22-11-3-5-16(22)18(24)25/h6-9,15-16,21H,1-5,10-12,20H2,(H,24,25)/t15-,16+/m0/s1. The fourth-order valence-electron chi connectivity index (χ4n) is 3.14. The van der Waals surface area contributed by atoms with Crippen molar-refractivity contribution in [3.63, 3.8) is 0 Å². The second-order valence-corrected chi connectivity index (χ2v) is 6.81. The van der Waals surface area contributed by atoms with E-state index in [2.05, 4.69) is 5.32 Å². The number of nitrogens with two attached hydrogens (primary N) is 1. The maximum absolute atomic E-state index is 12.9. The van der Waals surface area contributed by atoms with Gasteiger partial charge in [-0.2, -0.15) is 0 Å². The fourth-order valence-corrected chi connectivity index (χ4v) is 3.26. The third kappa shape index (κ3) is 5.70. The van der Waals surface area contributed by atoms with E-state index in [-0.39, 0.29) is 5.91 Å². The maximum atomic E-state index is 12.9. The molecule has 1 fully saturated rings. The van der Waals surface area contributed by atoms with Crippen LogP contribution in [0, 0.1) is 0 Å². The van der Waals surface area contributed by atoms with Crippen molar-refractivity contribution in [1.82, 2.24) is 10.2 Å². The van der Waals surface area contributed by atoms with Crippen LogP contribution >= 0.6 is 11.6 Å². The van der Waals surface area contributed by atoms with Crippen molar-refractivity contribution in [3.05, 3.63) is 34.9 Å². The molecule has 0 spiro atoms. The van der Waals surface area contributed by atoms with Crippen LogP contribution in [0.2, 0.25) is 5.02 Å². The average Bonchev–Trinajstić information content (AvgIpc) is 3.09. The Bertz CT molecular complexity index is 579. The normalized spacial score (nSPS) is 18.3. The zero-order valence-corrected chi connectivity index (χ0v) is 15.0. The third-order valence-electron chi connectivity index (χ3n) is 4.53. The van der Waals surface area contributed by atoms with E-state index in [0.717, 1.165) is 24.8 Å². The number of nitrogens with one attached hydrogen (secondary N) is 1. The predicted octanol–water partition coefficient (Wildman–Crippen LogP) is 2.00. The van der Waals surface area contributed by atoms with Gasteiger partial charge in [-0.25, -0.2) is 4.79 Å². The lowest BCUT2D eigenvalue weighted by Crippen LogP contribution is -2.50. The largest absolute Gasteiger partial charge is 0.480 e. The smallest absolute Gasteiger partial charge is 0.326 e. The zero-order chi connectivity index (χ0) is 18.2. The third-order valence-corrected chi connectivity index (χ3v) is 4.78. The van der Waals surface area contributed by atoms with Crippen LogP contribution < -0.4 is 11.1 Å². The number of amides is 1. The number of carboxylic acid groups (broad SMARTS) is 1. The molecule has 2 atom stereocenters. The number of benzene rings is 1. The van der Waals surface area contributed by atoms with Gasteiger partial charge < -0.3 is 21.1 Å². The van der Waals surface area contributed by atoms with E-state index in [1.807, 2.05) is 24.3 Å². The van der Waals surface area contributed by atoms with Crippen LogP contribution in [-0.4, -0.2) is 47.1 Å². The van der Waals surface area contributed by atoms with Crippen LogP contribution in [0.3, 0.4) is 0 Å². The number of carbonyl (C=O) groups is 2. The molecule has 0 aliphatic carbocycles. The Balaban J connectivity index is 2.01. The van der Waals surface area contributed by atoms with Crippen molar-refractivity contribution in [2.45, 2.75) is 50.7 Å². The molecule has 1 aromatic carbocycles. The Morgan fingerprint density at radius 3 is 2.68 bits per heavy atom. The second-order valence-electron chi connectivity index (χ2n) is 6.37. The number of carboxylic acids is 1. The molecule has 1 aliphatic heterocycles. The second kappa shape index (κ2) is 9.75. The highest BCUT2D eigenvalue weighted by atomic mass is 35.5. The first-order valence-electron chi connectivity index (χ1n) is 8.74. The fraction of sp³-hybridized carbons (Fsp3) is 0.556. The molecule has 25 heavy (non-hydrogen) atoms. The zero-order valence-electron chi connectivity index (χ0n) is 14.3. The Kier molecular flexibility index (Phi) is 7.68. The number of likely N-dealkylation sites (tertiary alicyclic amines) is 1. The molecule has 1 amide bonds. The van der Waals surface area contributed by atoms with E-state index in [1.165, 1.54) is 4.90 Å². The van der Waals surface area contributed by atoms with E-state index in [1.54, 1.807) is 0 Å². The Hall–Kier alpha value is -1.63. The number of aliphatic carboxylic acids is 1. The molecule has 6 nitrogen and oxygen atoms in total. The molecule has 1 aromatic rings. The SMILES string of the molecule is NCCCC[C@H](NCc1ccc(Cl)cc1)C(=O)N1CCC[C@@H]1C(=O)O. The van der Waals surface area contributed by atoms with Gasteiger partial charge in [-0.1, -0.05) is 30.2 Å². The molecule has 7 heteroatoms. The molecule has 0 unspecified atom stereocenters. The maximum Gasteiger partial charge on any atom is 0.326 e. The van der Waals surface area contributed by atoms with E-state index in [9.17, 15) is 14.7 Å². The quantitative estimate of drug-likeness (QED) is 0.580. The first-order valence-corrected chi connectivity index (χ1v) is 9.12. The summed E-state index contributed by atoms with van der Waals surface area (Å²) in [4.78, 5) is 25.7. The van der Waals surface area contributed by atoms with Gasteiger partial charge in [0, 0.05) is 18.1 Å². The monoisotopic (exact) mass is 367 g/mol. The minimum absolute atomic E-state index is 0.129. The molecular weight excluding hydrogens is 342 g/mol. The highest BCUT2D eigenvalue weighted by Gasteiger charge is 2.36. The number of unbranched alkanes of at least 4 members (excludes halogenated alkanes) is 1. The molecule has 1 saturated heterocycles. The lowest BCUT2D eigenvalue weighted by atomic mass is 10.1. The predicted molar refractivity (Wildman–Crippen MR) is 97.4 cm³/mol. The van der Waals surface area contributed by atoms with Crippen molar-refractivity contribution in [2.75, 3.05) is 13.1 Å². The van der Waals surface area contributed by atoms with E-state index in [4.69, 9.17) is 17.3 Å². The Morgan fingerprint density at radius 2 is 2.04 bits per heavy atom. The van der Waals surface area contributed by atoms with Gasteiger partial charge in [0.2, 0.25) is 5.91 Å². The molecule has 0 aromatic heterocycles. The molecule has 4 N–H and O–H groups in total. The topological polar surface area (TPSA) is 95.7 Å². The number of hydrogen-bond donors (Lipinski definition) is 3. The molecular formula is C18H26ClN3O3. The molecule has 138 valence electrons. The first-order chi connectivity index (χ1) is 12.0. The summed E-state index contributed by atoms with van der Waals surface area (Å²) >= 11 is 5.89. The highest BCUT2D eigenvalue weighted by Crippen LogP contribution is 2.20. The molecule has 0 radical (unpaired) electrons. The molecule has 1 heterocycles. The van der Waals surface area contributed by atoms with E-state index >= 15 is 0 Å². The van der Waals surface area contributed by atoms with Crippen LogP contribution in [0.1, 0.15) is 37.7 Å². The number of rotatable bonds is 9. The minimum Gasteiger partial charge on any atom is -0.480 e. The van der Waals surface area contributed by atoms with Gasteiger partial charge >= 0.3 is 5.97 Å². The highest BCUT2D eigenvalue weighted by molar-refractivity contribution is 6.30. The van der Waals surface area contributed by atoms with Crippen LogP contribution in [0.15, 0.2) is 24.3 Å². The molecule has 0 bridgehead atoms. The van der Waals surface area contributed by atoms with Gasteiger partial charge in [0.1, 0.15) is 6.04 Å². The van der Waals surface area contributed by atoms with Crippen LogP contribution in [0.5, 0.6) is 0 Å². The van der Waals surface area contributed by atoms with Gasteiger partial charge in [-0.05, 0) is 49.9 Å². The lowest BCUT2D eigenvalue weighted by molar-refractivity contribution is -0.149. The van der Waals surface area contributed by atoms with Crippen molar-refractivity contribution in [1.29, 1.82) is 0 Å². The van der Waals surface area contributed by atoms with Crippen LogP contribution in [0.25, 0.3) is 0 Å². The van der Waals surface area contributed by atoms with E-state index in [0.29, 0.717) is 37.5 Å². The van der Waals surface area contributed by atoms with E-state index < -0.39 is 18.1 Å². The van der Waals surface area contributed by atoms with Gasteiger partial charge in [0.15, 0.2) is 0 Å². The van der Waals surface area contributed by atoms with Gasteiger partial charge in [0.05, 0.1) is 6.04 Å². The summed E-state index contributed by atoms with van der Waals surface area (Å²) in [5.41, 5.74) is 6.57. The molecule has 1 aliphatic rings. The summed E-state index contributed by atoms with van der Waals surface area (Å²) in [6.45, 7) is 1.62. The molecule has 2 rings (SSSR count). The van der Waals surface area contributed by atoms with Crippen LogP contribution in [0.4, 0.5) is 0 Å². The van der Waals surface area contributed by atoms with Crippen molar-refractivity contribution < 1.29 is 14.7 Å². The summed E-state index contributed by atoms with van der Waals surface area (Å²) in [6, 6.07) is 6.33. The number of carbonyl (C=O) groups excluding carboxylic acids is 1. The lowest BCUT2D eigenvalue weighted by Gasteiger charge is -2.27.